The second kappa shape index (κ2) is 10.2. The van der Waals surface area contributed by atoms with Crippen molar-refractivity contribution >= 4 is 23.3 Å². The molecule has 0 fully saturated rings. The van der Waals surface area contributed by atoms with E-state index in [1.54, 1.807) is 24.3 Å². The van der Waals surface area contributed by atoms with Crippen molar-refractivity contribution in [3.05, 3.63) is 65.5 Å². The largest absolute Gasteiger partial charge is 0.454 e. The maximum atomic E-state index is 13.1. The van der Waals surface area contributed by atoms with Crippen LogP contribution in [0.1, 0.15) is 53.3 Å². The van der Waals surface area contributed by atoms with Crippen LogP contribution >= 0.6 is 0 Å². The van der Waals surface area contributed by atoms with Crippen LogP contribution in [0, 0.1) is 5.82 Å². The summed E-state index contributed by atoms with van der Waals surface area (Å²) in [5, 5.41) is 2.77. The first-order chi connectivity index (χ1) is 13.0. The van der Waals surface area contributed by atoms with Crippen LogP contribution in [0.4, 0.5) is 10.1 Å². The summed E-state index contributed by atoms with van der Waals surface area (Å²) < 4.78 is 18.0. The molecule has 2 rings (SSSR count). The Morgan fingerprint density at radius 2 is 1.74 bits per heavy atom. The molecule has 6 heteroatoms. The molecule has 0 saturated carbocycles. The van der Waals surface area contributed by atoms with Crippen molar-refractivity contribution in [1.29, 1.82) is 0 Å². The third-order valence-electron chi connectivity index (χ3n) is 3.89. The predicted molar refractivity (Wildman–Crippen MR) is 100 cm³/mol. The summed E-state index contributed by atoms with van der Waals surface area (Å²) in [5.41, 5.74) is 1.000. The molecule has 0 heterocycles. The molecule has 0 aliphatic rings. The number of ketones is 1. The lowest BCUT2D eigenvalue weighted by atomic mass is 10.1. The Morgan fingerprint density at radius 1 is 1.00 bits per heavy atom. The van der Waals surface area contributed by atoms with E-state index in [0.717, 1.165) is 25.3 Å². The Kier molecular flexibility index (Phi) is 7.67. The van der Waals surface area contributed by atoms with E-state index in [-0.39, 0.29) is 17.3 Å². The Bertz CT molecular complexity index is 802. The average Bonchev–Trinajstić information content (AvgIpc) is 2.66. The van der Waals surface area contributed by atoms with Crippen molar-refractivity contribution < 1.29 is 23.5 Å². The van der Waals surface area contributed by atoms with Crippen LogP contribution < -0.4 is 5.32 Å². The molecular formula is C21H22FNO4. The summed E-state index contributed by atoms with van der Waals surface area (Å²) in [5.74, 6) is -1.77. The van der Waals surface area contributed by atoms with Gasteiger partial charge in [-0.15, -0.1) is 0 Å². The molecule has 0 radical (unpaired) electrons. The second-order valence-electron chi connectivity index (χ2n) is 6.09. The summed E-state index contributed by atoms with van der Waals surface area (Å²) in [6, 6.07) is 11.4. The molecule has 5 nitrogen and oxygen atoms in total. The van der Waals surface area contributed by atoms with E-state index < -0.39 is 18.4 Å². The lowest BCUT2D eigenvalue weighted by Gasteiger charge is -2.07. The molecule has 0 aromatic heterocycles. The van der Waals surface area contributed by atoms with Gasteiger partial charge < -0.3 is 10.1 Å². The first-order valence-corrected chi connectivity index (χ1v) is 8.85. The molecule has 0 unspecified atom stereocenters. The third-order valence-corrected chi connectivity index (χ3v) is 3.89. The van der Waals surface area contributed by atoms with E-state index in [4.69, 9.17) is 4.74 Å². The number of hydrogen-bond donors (Lipinski definition) is 1. The van der Waals surface area contributed by atoms with Crippen molar-refractivity contribution in [2.75, 3.05) is 11.9 Å². The number of unbranched alkanes of at least 4 members (excludes halogenated alkanes) is 2. The van der Waals surface area contributed by atoms with Gasteiger partial charge in [-0.3, -0.25) is 9.59 Å². The van der Waals surface area contributed by atoms with Crippen molar-refractivity contribution in [2.45, 2.75) is 32.6 Å². The van der Waals surface area contributed by atoms with Crippen LogP contribution in [0.15, 0.2) is 48.5 Å². The van der Waals surface area contributed by atoms with Gasteiger partial charge in [0.05, 0.1) is 5.56 Å². The zero-order chi connectivity index (χ0) is 19.6. The number of carbonyl (C=O) groups is 3. The Balaban J connectivity index is 1.84. The van der Waals surface area contributed by atoms with Gasteiger partial charge in [0.25, 0.3) is 0 Å². The molecule has 0 aliphatic carbocycles. The summed E-state index contributed by atoms with van der Waals surface area (Å²) in [7, 11) is 0. The monoisotopic (exact) mass is 371 g/mol. The van der Waals surface area contributed by atoms with Crippen molar-refractivity contribution in [2.24, 2.45) is 0 Å². The van der Waals surface area contributed by atoms with Crippen LogP contribution in [-0.4, -0.2) is 24.3 Å². The van der Waals surface area contributed by atoms with Crippen LogP contribution in [0.25, 0.3) is 0 Å². The number of nitrogens with one attached hydrogen (secondary N) is 1. The fraction of sp³-hybridized carbons (Fsp3) is 0.286. The third kappa shape index (κ3) is 6.66. The van der Waals surface area contributed by atoms with Gasteiger partial charge in [-0.25, -0.2) is 9.18 Å². The lowest BCUT2D eigenvalue weighted by molar-refractivity contribution is -0.116. The number of anilines is 1. The molecular weight excluding hydrogens is 349 g/mol. The van der Waals surface area contributed by atoms with Crippen molar-refractivity contribution in [1.82, 2.24) is 0 Å². The molecule has 0 aliphatic heterocycles. The molecule has 0 saturated heterocycles. The first-order valence-electron chi connectivity index (χ1n) is 8.85. The van der Waals surface area contributed by atoms with Crippen LogP contribution in [0.3, 0.4) is 0 Å². The molecule has 0 atom stereocenters. The van der Waals surface area contributed by atoms with E-state index in [9.17, 15) is 18.8 Å². The minimum Gasteiger partial charge on any atom is -0.454 e. The fourth-order valence-electron chi connectivity index (χ4n) is 2.41. The number of Topliss-reactive ketones (excluding diaryl/α,β-unsaturated/α-hetero) is 1. The van der Waals surface area contributed by atoms with Gasteiger partial charge in [0.2, 0.25) is 5.91 Å². The highest BCUT2D eigenvalue weighted by molar-refractivity contribution is 6.00. The molecule has 27 heavy (non-hydrogen) atoms. The summed E-state index contributed by atoms with van der Waals surface area (Å²) in [6.45, 7) is 1.63. The van der Waals surface area contributed by atoms with Crippen molar-refractivity contribution in [3.8, 4) is 0 Å². The van der Waals surface area contributed by atoms with Crippen molar-refractivity contribution in [3.63, 3.8) is 0 Å². The zero-order valence-corrected chi connectivity index (χ0v) is 15.2. The number of halogens is 1. The van der Waals surface area contributed by atoms with E-state index in [2.05, 4.69) is 12.2 Å². The minimum absolute atomic E-state index is 0.0453. The van der Waals surface area contributed by atoms with Gasteiger partial charge in [-0.05, 0) is 48.9 Å². The van der Waals surface area contributed by atoms with Crippen LogP contribution in [0.2, 0.25) is 0 Å². The zero-order valence-electron chi connectivity index (χ0n) is 15.2. The van der Waals surface area contributed by atoms with Gasteiger partial charge in [0, 0.05) is 17.7 Å². The standard InChI is InChI=1S/C21H22FNO4/c1-2-3-4-8-20(25)23-18-11-9-15(10-12-18)19(24)14-27-21(26)16-6-5-7-17(22)13-16/h5-7,9-13H,2-4,8,14H2,1H3,(H,23,25). The van der Waals surface area contributed by atoms with E-state index in [1.165, 1.54) is 18.2 Å². The Hall–Kier alpha value is -3.02. The molecule has 142 valence electrons. The number of benzene rings is 2. The summed E-state index contributed by atoms with van der Waals surface area (Å²) in [4.78, 5) is 35.7. The minimum atomic E-state index is -0.765. The quantitative estimate of drug-likeness (QED) is 0.403. The number of rotatable bonds is 9. The van der Waals surface area contributed by atoms with Gasteiger partial charge >= 0.3 is 5.97 Å². The molecule has 0 spiro atoms. The highest BCUT2D eigenvalue weighted by Crippen LogP contribution is 2.12. The highest BCUT2D eigenvalue weighted by Gasteiger charge is 2.12. The lowest BCUT2D eigenvalue weighted by Crippen LogP contribution is -2.15. The molecule has 2 aromatic rings. The molecule has 1 amide bonds. The fourth-order valence-corrected chi connectivity index (χ4v) is 2.41. The molecule has 1 N–H and O–H groups in total. The Labute approximate surface area is 157 Å². The number of hydrogen-bond acceptors (Lipinski definition) is 4. The average molecular weight is 371 g/mol. The number of ether oxygens (including phenoxy) is 1. The van der Waals surface area contributed by atoms with E-state index >= 15 is 0 Å². The summed E-state index contributed by atoms with van der Waals surface area (Å²) in [6.07, 6.45) is 3.36. The topological polar surface area (TPSA) is 72.5 Å². The number of amides is 1. The second-order valence-corrected chi connectivity index (χ2v) is 6.09. The SMILES string of the molecule is CCCCCC(=O)Nc1ccc(C(=O)COC(=O)c2cccc(F)c2)cc1. The molecule has 0 bridgehead atoms. The van der Waals surface area contributed by atoms with E-state index in [1.807, 2.05) is 0 Å². The maximum Gasteiger partial charge on any atom is 0.338 e. The maximum absolute atomic E-state index is 13.1. The van der Waals surface area contributed by atoms with Gasteiger partial charge in [-0.1, -0.05) is 25.8 Å². The van der Waals surface area contributed by atoms with Gasteiger partial charge in [0.1, 0.15) is 5.82 Å². The highest BCUT2D eigenvalue weighted by atomic mass is 19.1. The first kappa shape index (κ1) is 20.3. The van der Waals surface area contributed by atoms with Gasteiger partial charge in [0.15, 0.2) is 12.4 Å². The smallest absolute Gasteiger partial charge is 0.338 e. The Morgan fingerprint density at radius 3 is 2.41 bits per heavy atom. The number of esters is 1. The summed E-state index contributed by atoms with van der Waals surface area (Å²) >= 11 is 0. The number of carbonyl (C=O) groups excluding carboxylic acids is 3. The normalized spacial score (nSPS) is 10.3. The van der Waals surface area contributed by atoms with Gasteiger partial charge in [-0.2, -0.15) is 0 Å². The van der Waals surface area contributed by atoms with Crippen LogP contribution in [0.5, 0.6) is 0 Å². The molecule has 2 aromatic carbocycles. The van der Waals surface area contributed by atoms with Crippen LogP contribution in [-0.2, 0) is 9.53 Å². The van der Waals surface area contributed by atoms with E-state index in [0.29, 0.717) is 17.7 Å². The predicted octanol–water partition coefficient (Wildman–Crippen LogP) is 4.38.